The van der Waals surface area contributed by atoms with Gasteiger partial charge in [0.15, 0.2) is 0 Å². The van der Waals surface area contributed by atoms with E-state index in [1.807, 2.05) is 0 Å². The molecule has 2 atom stereocenters. The average Bonchev–Trinajstić information content (AvgIpc) is 2.15. The van der Waals surface area contributed by atoms with Gasteiger partial charge in [0.25, 0.3) is 0 Å². The molecule has 5 heteroatoms. The highest BCUT2D eigenvalue weighted by molar-refractivity contribution is 5.77. The fraction of sp³-hybridized carbons (Fsp3) is 0.875. The van der Waals surface area contributed by atoms with Gasteiger partial charge < -0.3 is 20.1 Å². The number of rotatable bonds is 5. The number of carbonyl (C=O) groups is 1. The predicted molar refractivity (Wildman–Crippen MR) is 44.9 cm³/mol. The number of ether oxygens (including phenoxy) is 1. The van der Waals surface area contributed by atoms with Crippen LogP contribution in [0.5, 0.6) is 0 Å². The van der Waals surface area contributed by atoms with E-state index in [9.17, 15) is 9.90 Å². The first-order chi connectivity index (χ1) is 6.02. The standard InChI is InChI=1S/C8H16O5/c1-3-13-7(12)8(2,5-10)6(11)4-9/h6,9-11H,3-5H2,1-2H3/t6-,8-/m0/s1. The first kappa shape index (κ1) is 12.3. The zero-order valence-corrected chi connectivity index (χ0v) is 7.86. The maximum Gasteiger partial charge on any atom is 0.316 e. The summed E-state index contributed by atoms with van der Waals surface area (Å²) in [5.74, 6) is -0.709. The van der Waals surface area contributed by atoms with Crippen LogP contribution >= 0.6 is 0 Å². The number of esters is 1. The molecule has 0 aromatic rings. The van der Waals surface area contributed by atoms with E-state index >= 15 is 0 Å². The lowest BCUT2D eigenvalue weighted by Gasteiger charge is -2.28. The summed E-state index contributed by atoms with van der Waals surface area (Å²) in [6.45, 7) is 1.99. The summed E-state index contributed by atoms with van der Waals surface area (Å²) in [6.07, 6.45) is -1.31. The smallest absolute Gasteiger partial charge is 0.316 e. The molecule has 0 heterocycles. The molecular formula is C8H16O5. The van der Waals surface area contributed by atoms with E-state index in [1.54, 1.807) is 6.92 Å². The van der Waals surface area contributed by atoms with Crippen molar-refractivity contribution in [3.05, 3.63) is 0 Å². The van der Waals surface area contributed by atoms with Crippen molar-refractivity contribution < 1.29 is 24.9 Å². The monoisotopic (exact) mass is 192 g/mol. The van der Waals surface area contributed by atoms with Crippen LogP contribution in [0.1, 0.15) is 13.8 Å². The third-order valence-corrected chi connectivity index (χ3v) is 1.98. The highest BCUT2D eigenvalue weighted by Crippen LogP contribution is 2.22. The van der Waals surface area contributed by atoms with E-state index in [1.165, 1.54) is 6.92 Å². The maximum absolute atomic E-state index is 11.2. The van der Waals surface area contributed by atoms with Gasteiger partial charge >= 0.3 is 5.97 Å². The Labute approximate surface area is 77.0 Å². The van der Waals surface area contributed by atoms with Crippen molar-refractivity contribution in [3.63, 3.8) is 0 Å². The van der Waals surface area contributed by atoms with Crippen molar-refractivity contribution in [1.29, 1.82) is 0 Å². The Bertz CT molecular complexity index is 170. The normalized spacial score (nSPS) is 17.6. The summed E-state index contributed by atoms with van der Waals surface area (Å²) in [4.78, 5) is 11.2. The van der Waals surface area contributed by atoms with E-state index in [0.29, 0.717) is 0 Å². The van der Waals surface area contributed by atoms with Gasteiger partial charge in [-0.05, 0) is 13.8 Å². The van der Waals surface area contributed by atoms with Gasteiger partial charge in [-0.1, -0.05) is 0 Å². The van der Waals surface area contributed by atoms with Gasteiger partial charge in [0.1, 0.15) is 5.41 Å². The van der Waals surface area contributed by atoms with Crippen LogP contribution in [0, 0.1) is 5.41 Å². The summed E-state index contributed by atoms with van der Waals surface area (Å²) >= 11 is 0. The first-order valence-electron chi connectivity index (χ1n) is 4.10. The number of carbonyl (C=O) groups excluding carboxylic acids is 1. The summed E-state index contributed by atoms with van der Waals surface area (Å²) in [6, 6.07) is 0. The Balaban J connectivity index is 4.51. The van der Waals surface area contributed by atoms with Crippen molar-refractivity contribution in [3.8, 4) is 0 Å². The quantitative estimate of drug-likeness (QED) is 0.481. The second-order valence-electron chi connectivity index (χ2n) is 2.99. The van der Waals surface area contributed by atoms with Crippen LogP contribution in [0.4, 0.5) is 0 Å². The van der Waals surface area contributed by atoms with Crippen molar-refractivity contribution in [2.24, 2.45) is 5.41 Å². The zero-order chi connectivity index (χ0) is 10.5. The van der Waals surface area contributed by atoms with Crippen LogP contribution in [0.3, 0.4) is 0 Å². The van der Waals surface area contributed by atoms with E-state index in [-0.39, 0.29) is 6.61 Å². The molecule has 78 valence electrons. The third kappa shape index (κ3) is 2.65. The van der Waals surface area contributed by atoms with E-state index < -0.39 is 30.7 Å². The fourth-order valence-electron chi connectivity index (χ4n) is 0.803. The minimum Gasteiger partial charge on any atom is -0.465 e. The van der Waals surface area contributed by atoms with Gasteiger partial charge in [0.05, 0.1) is 25.9 Å². The Morgan fingerprint density at radius 3 is 2.38 bits per heavy atom. The molecule has 0 aliphatic carbocycles. The Morgan fingerprint density at radius 1 is 1.54 bits per heavy atom. The molecule has 0 saturated carbocycles. The Morgan fingerprint density at radius 2 is 2.08 bits per heavy atom. The van der Waals surface area contributed by atoms with Crippen LogP contribution in [0.25, 0.3) is 0 Å². The van der Waals surface area contributed by atoms with E-state index in [2.05, 4.69) is 4.74 Å². The van der Waals surface area contributed by atoms with E-state index in [4.69, 9.17) is 10.2 Å². The summed E-state index contributed by atoms with van der Waals surface area (Å²) in [5, 5.41) is 26.8. The minimum atomic E-state index is -1.44. The van der Waals surface area contributed by atoms with Crippen LogP contribution in [0.15, 0.2) is 0 Å². The average molecular weight is 192 g/mol. The van der Waals surface area contributed by atoms with Crippen LogP contribution in [0.2, 0.25) is 0 Å². The summed E-state index contributed by atoms with van der Waals surface area (Å²) in [5.41, 5.74) is -1.44. The molecule has 0 aromatic carbocycles. The van der Waals surface area contributed by atoms with Gasteiger partial charge in [0, 0.05) is 0 Å². The summed E-state index contributed by atoms with van der Waals surface area (Å²) < 4.78 is 4.65. The van der Waals surface area contributed by atoms with Crippen molar-refractivity contribution in [1.82, 2.24) is 0 Å². The molecular weight excluding hydrogens is 176 g/mol. The summed E-state index contributed by atoms with van der Waals surface area (Å²) in [7, 11) is 0. The van der Waals surface area contributed by atoms with Crippen molar-refractivity contribution in [2.45, 2.75) is 20.0 Å². The molecule has 3 N–H and O–H groups in total. The van der Waals surface area contributed by atoms with Gasteiger partial charge in [0.2, 0.25) is 0 Å². The molecule has 5 nitrogen and oxygen atoms in total. The molecule has 0 fully saturated rings. The van der Waals surface area contributed by atoms with Gasteiger partial charge in [-0.25, -0.2) is 0 Å². The third-order valence-electron chi connectivity index (χ3n) is 1.98. The molecule has 0 spiro atoms. The Hall–Kier alpha value is -0.650. The SMILES string of the molecule is CCOC(=O)[C@@](C)(CO)[C@@H](O)CO. The van der Waals surface area contributed by atoms with Gasteiger partial charge in [-0.15, -0.1) is 0 Å². The molecule has 0 aromatic heterocycles. The molecule has 0 rings (SSSR count). The van der Waals surface area contributed by atoms with Crippen LogP contribution in [-0.4, -0.2) is 47.2 Å². The fourth-order valence-corrected chi connectivity index (χ4v) is 0.803. The predicted octanol–water partition coefficient (Wildman–Crippen LogP) is -1.10. The van der Waals surface area contributed by atoms with Crippen molar-refractivity contribution in [2.75, 3.05) is 19.8 Å². The first-order valence-corrected chi connectivity index (χ1v) is 4.10. The zero-order valence-electron chi connectivity index (χ0n) is 7.86. The van der Waals surface area contributed by atoms with Crippen molar-refractivity contribution >= 4 is 5.97 Å². The number of aliphatic hydroxyl groups excluding tert-OH is 3. The minimum absolute atomic E-state index is 0.173. The molecule has 0 radical (unpaired) electrons. The van der Waals surface area contributed by atoms with E-state index in [0.717, 1.165) is 0 Å². The lowest BCUT2D eigenvalue weighted by atomic mass is 9.85. The molecule has 0 amide bonds. The largest absolute Gasteiger partial charge is 0.465 e. The molecule has 0 unspecified atom stereocenters. The molecule has 0 saturated heterocycles. The molecule has 13 heavy (non-hydrogen) atoms. The molecule has 0 aliphatic rings. The van der Waals surface area contributed by atoms with Crippen LogP contribution < -0.4 is 0 Å². The second kappa shape index (κ2) is 5.16. The second-order valence-corrected chi connectivity index (χ2v) is 2.99. The lowest BCUT2D eigenvalue weighted by Crippen LogP contribution is -2.46. The number of hydrogen-bond acceptors (Lipinski definition) is 5. The van der Waals surface area contributed by atoms with Gasteiger partial charge in [-0.3, -0.25) is 4.79 Å². The Kier molecular flexibility index (Phi) is 4.90. The van der Waals surface area contributed by atoms with Crippen LogP contribution in [-0.2, 0) is 9.53 Å². The maximum atomic E-state index is 11.2. The highest BCUT2D eigenvalue weighted by atomic mass is 16.5. The number of aliphatic hydroxyl groups is 3. The highest BCUT2D eigenvalue weighted by Gasteiger charge is 2.41. The lowest BCUT2D eigenvalue weighted by molar-refractivity contribution is -0.167. The topological polar surface area (TPSA) is 87.0 Å². The molecule has 0 bridgehead atoms. The van der Waals surface area contributed by atoms with Gasteiger partial charge in [-0.2, -0.15) is 0 Å². The number of hydrogen-bond donors (Lipinski definition) is 3. The molecule has 0 aliphatic heterocycles.